The molecule has 3 N–H and O–H groups in total. The number of carboxylic acid groups (broad SMARTS) is 1. The Labute approximate surface area is 298 Å². The molecule has 276 valence electrons. The Morgan fingerprint density at radius 1 is 0.980 bits per heavy atom. The summed E-state index contributed by atoms with van der Waals surface area (Å²) in [5, 5.41) is 16.0. The number of hydrogen-bond donors (Lipinski definition) is 3. The molecule has 51 heavy (non-hydrogen) atoms. The number of fused-ring (bicyclic) bond motifs is 2. The van der Waals surface area contributed by atoms with Crippen LogP contribution in [0.5, 0.6) is 0 Å². The van der Waals surface area contributed by atoms with Crippen molar-refractivity contribution in [1.82, 2.24) is 9.97 Å². The van der Waals surface area contributed by atoms with Crippen LogP contribution in [0.2, 0.25) is 18.1 Å². The molecule has 15 heteroatoms. The molecular weight excluding hydrogens is 678 g/mol. The number of amides is 3. The van der Waals surface area contributed by atoms with Crippen molar-refractivity contribution in [2.24, 2.45) is 0 Å². The van der Waals surface area contributed by atoms with Crippen molar-refractivity contribution in [3.8, 4) is 11.1 Å². The minimum absolute atomic E-state index is 0.0427. The molecule has 2 aliphatic heterocycles. The molecule has 1 fully saturated rings. The highest BCUT2D eigenvalue weighted by atomic mass is 28.4. The summed E-state index contributed by atoms with van der Waals surface area (Å²) in [7, 11) is -2.28. The van der Waals surface area contributed by atoms with E-state index in [-0.39, 0.29) is 40.1 Å². The van der Waals surface area contributed by atoms with Crippen molar-refractivity contribution >= 4 is 54.6 Å². The van der Waals surface area contributed by atoms with Crippen molar-refractivity contribution in [3.05, 3.63) is 41.6 Å². The highest BCUT2D eigenvalue weighted by Gasteiger charge is 2.42. The summed E-state index contributed by atoms with van der Waals surface area (Å²) < 4.78 is 39.8. The van der Waals surface area contributed by atoms with Gasteiger partial charge in [-0.1, -0.05) is 20.8 Å². The summed E-state index contributed by atoms with van der Waals surface area (Å²) in [4.78, 5) is 48.5. The molecule has 2 aromatic heterocycles. The van der Waals surface area contributed by atoms with Crippen LogP contribution in [-0.4, -0.2) is 73.1 Å². The zero-order valence-corrected chi connectivity index (χ0v) is 31.7. The van der Waals surface area contributed by atoms with Gasteiger partial charge in [0.25, 0.3) is 0 Å². The lowest BCUT2D eigenvalue weighted by Crippen LogP contribution is -2.45. The number of ether oxygens (including phenoxy) is 3. The van der Waals surface area contributed by atoms with E-state index in [0.29, 0.717) is 60.4 Å². The lowest BCUT2D eigenvalue weighted by molar-refractivity contribution is 0.00588. The third kappa shape index (κ3) is 8.42. The number of aromatic nitrogens is 2. The fraction of sp³-hybridized carbons (Fsp3) is 0.528. The predicted molar refractivity (Wildman–Crippen MR) is 194 cm³/mol. The van der Waals surface area contributed by atoms with E-state index in [1.54, 1.807) is 33.8 Å². The second-order valence-corrected chi connectivity index (χ2v) is 20.2. The first-order chi connectivity index (χ1) is 23.8. The van der Waals surface area contributed by atoms with Gasteiger partial charge in [0.1, 0.15) is 17.5 Å². The van der Waals surface area contributed by atoms with Gasteiger partial charge in [0.05, 0.1) is 36.4 Å². The second kappa shape index (κ2) is 14.3. The van der Waals surface area contributed by atoms with E-state index < -0.39 is 44.1 Å². The molecule has 0 bridgehead atoms. The molecular formula is C36H48FN5O8Si. The van der Waals surface area contributed by atoms with Gasteiger partial charge in [0, 0.05) is 48.3 Å². The molecule has 1 unspecified atom stereocenters. The number of pyridine rings is 2. The minimum Gasteiger partial charge on any atom is -0.465 e. The number of nitrogens with one attached hydrogen (secondary N) is 2. The predicted octanol–water partition coefficient (Wildman–Crippen LogP) is 8.77. The molecule has 2 aliphatic rings. The van der Waals surface area contributed by atoms with Crippen LogP contribution in [0.3, 0.4) is 0 Å². The number of rotatable bonds is 6. The number of benzene rings is 1. The summed E-state index contributed by atoms with van der Waals surface area (Å²) in [5.41, 5.74) is 0.569. The highest BCUT2D eigenvalue weighted by molar-refractivity contribution is 6.74. The smallest absolute Gasteiger partial charge is 0.413 e. The van der Waals surface area contributed by atoms with Gasteiger partial charge in [-0.3, -0.25) is 20.5 Å². The normalized spacial score (nSPS) is 17.1. The maximum absolute atomic E-state index is 16.8. The first-order valence-corrected chi connectivity index (χ1v) is 20.0. The van der Waals surface area contributed by atoms with Gasteiger partial charge in [-0.15, -0.1) is 0 Å². The van der Waals surface area contributed by atoms with Crippen molar-refractivity contribution in [2.75, 3.05) is 35.3 Å². The lowest BCUT2D eigenvalue weighted by atomic mass is 9.93. The van der Waals surface area contributed by atoms with E-state index in [9.17, 15) is 19.5 Å². The Morgan fingerprint density at radius 2 is 1.67 bits per heavy atom. The van der Waals surface area contributed by atoms with E-state index in [2.05, 4.69) is 49.5 Å². The maximum atomic E-state index is 16.8. The third-order valence-corrected chi connectivity index (χ3v) is 14.0. The molecule has 3 aromatic rings. The van der Waals surface area contributed by atoms with Gasteiger partial charge in [-0.25, -0.2) is 23.8 Å². The Hall–Kier alpha value is -4.34. The fourth-order valence-electron chi connectivity index (χ4n) is 5.94. The van der Waals surface area contributed by atoms with E-state index >= 15 is 4.39 Å². The molecule has 0 saturated carbocycles. The summed E-state index contributed by atoms with van der Waals surface area (Å²) in [6.45, 7) is 18.6. The molecule has 0 radical (unpaired) electrons. The number of carbonyl (C=O) groups is 3. The average molecular weight is 726 g/mol. The van der Waals surface area contributed by atoms with Crippen molar-refractivity contribution in [1.29, 1.82) is 0 Å². The van der Waals surface area contributed by atoms with E-state index in [1.165, 1.54) is 23.4 Å². The summed E-state index contributed by atoms with van der Waals surface area (Å²) in [6.07, 6.45) is 0.953. The third-order valence-electron chi connectivity index (χ3n) is 9.55. The maximum Gasteiger partial charge on any atom is 0.413 e. The molecule has 0 aliphatic carbocycles. The Kier molecular flexibility index (Phi) is 10.7. The van der Waals surface area contributed by atoms with E-state index in [0.717, 1.165) is 0 Å². The van der Waals surface area contributed by atoms with Crippen molar-refractivity contribution in [3.63, 3.8) is 0 Å². The van der Waals surface area contributed by atoms with Crippen LogP contribution in [0.1, 0.15) is 78.2 Å². The van der Waals surface area contributed by atoms with Gasteiger partial charge in [0.2, 0.25) is 0 Å². The van der Waals surface area contributed by atoms with Gasteiger partial charge in [0.15, 0.2) is 14.1 Å². The van der Waals surface area contributed by atoms with Gasteiger partial charge >= 0.3 is 18.3 Å². The summed E-state index contributed by atoms with van der Waals surface area (Å²) >= 11 is 0. The number of carbonyl (C=O) groups excluding carboxylic acids is 2. The molecule has 4 heterocycles. The number of halogens is 1. The van der Waals surface area contributed by atoms with Crippen LogP contribution in [0.15, 0.2) is 24.5 Å². The van der Waals surface area contributed by atoms with Crippen LogP contribution in [-0.2, 0) is 18.6 Å². The first-order valence-electron chi connectivity index (χ1n) is 17.1. The minimum atomic E-state index is -2.28. The summed E-state index contributed by atoms with van der Waals surface area (Å²) in [6, 6.07) is 3.09. The van der Waals surface area contributed by atoms with Crippen LogP contribution in [0.4, 0.5) is 36.0 Å². The highest BCUT2D eigenvalue weighted by Crippen LogP contribution is 2.46. The number of nitrogens with zero attached hydrogens (tertiary/aromatic N) is 3. The Bertz CT molecular complexity index is 1830. The Balaban J connectivity index is 1.62. The van der Waals surface area contributed by atoms with Crippen LogP contribution in [0, 0.1) is 12.7 Å². The molecule has 5 rings (SSSR count). The zero-order valence-electron chi connectivity index (χ0n) is 30.7. The topological polar surface area (TPSA) is 161 Å². The van der Waals surface area contributed by atoms with Crippen LogP contribution in [0.25, 0.3) is 21.9 Å². The molecule has 1 saturated heterocycles. The molecule has 0 spiro atoms. The average Bonchev–Trinajstić information content (AvgIpc) is 3.01. The first kappa shape index (κ1) is 37.9. The van der Waals surface area contributed by atoms with Crippen molar-refractivity contribution in [2.45, 2.75) is 104 Å². The van der Waals surface area contributed by atoms with Gasteiger partial charge in [-0.2, -0.15) is 0 Å². The summed E-state index contributed by atoms with van der Waals surface area (Å²) in [5.74, 6) is -0.658. The fourth-order valence-corrected chi connectivity index (χ4v) is 7.23. The number of anilines is 3. The van der Waals surface area contributed by atoms with Crippen LogP contribution >= 0.6 is 0 Å². The molecule has 3 amide bonds. The van der Waals surface area contributed by atoms with Crippen LogP contribution < -0.4 is 15.5 Å². The molecule has 13 nitrogen and oxygen atoms in total. The SMILES string of the molecule is Cc1c(-c2cc3cc(NC(=O)OC4CCOCC4)ncc3c(NC(=O)OC(C)(C)C)c2F)cnc2c1N(C(=O)O)CCC2O[Si](C)(C)C(C)(C)C. The largest absolute Gasteiger partial charge is 0.465 e. The quantitative estimate of drug-likeness (QED) is 0.210. The van der Waals surface area contributed by atoms with Gasteiger partial charge in [-0.05, 0) is 75.3 Å². The van der Waals surface area contributed by atoms with E-state index in [4.69, 9.17) is 23.6 Å². The monoisotopic (exact) mass is 725 g/mol. The molecule has 1 atom stereocenters. The number of hydrogen-bond acceptors (Lipinski definition) is 9. The Morgan fingerprint density at radius 3 is 2.29 bits per heavy atom. The second-order valence-electron chi connectivity index (χ2n) is 15.5. The van der Waals surface area contributed by atoms with Crippen molar-refractivity contribution < 1.29 is 42.5 Å². The van der Waals surface area contributed by atoms with E-state index in [1.807, 2.05) is 0 Å². The lowest BCUT2D eigenvalue weighted by Gasteiger charge is -2.42. The molecule has 1 aromatic carbocycles. The zero-order chi connectivity index (χ0) is 37.5. The standard InChI is InChI=1S/C36H48FN5O8Si/c1-20-24(18-39-30-26(50-51(8,9)36(5,6)7)10-13-42(31(20)30)34(45)46)23-16-21-17-27(40-32(43)48-22-11-14-47-15-12-22)38-19-25(21)29(28(23)37)41-33(44)49-35(2,3)4/h16-19,22,26H,10-15H2,1-9H3,(H,41,44)(H,45,46)(H,38,40,43). The van der Waals surface area contributed by atoms with Gasteiger partial charge < -0.3 is 23.7 Å².